The van der Waals surface area contributed by atoms with E-state index in [2.05, 4.69) is 10.1 Å². The van der Waals surface area contributed by atoms with Crippen molar-refractivity contribution in [3.8, 4) is 5.75 Å². The van der Waals surface area contributed by atoms with Gasteiger partial charge in [-0.05, 0) is 12.1 Å². The number of nitrogens with zero attached hydrogens (tertiary/aromatic N) is 2. The van der Waals surface area contributed by atoms with Crippen LogP contribution in [0.5, 0.6) is 5.75 Å². The fourth-order valence-corrected chi connectivity index (χ4v) is 1.54. The van der Waals surface area contributed by atoms with Crippen LogP contribution >= 0.6 is 0 Å². The lowest BCUT2D eigenvalue weighted by Crippen LogP contribution is -2.07. The molecule has 21 heavy (non-hydrogen) atoms. The summed E-state index contributed by atoms with van der Waals surface area (Å²) in [5, 5.41) is 3.70. The van der Waals surface area contributed by atoms with E-state index in [-0.39, 0.29) is 19.1 Å². The number of benzene rings is 1. The molecule has 1 aromatic carbocycles. The van der Waals surface area contributed by atoms with E-state index in [0.29, 0.717) is 23.7 Å². The number of aromatic nitrogens is 2. The van der Waals surface area contributed by atoms with Gasteiger partial charge in [0, 0.05) is 6.42 Å². The Morgan fingerprint density at radius 2 is 2.10 bits per heavy atom. The molecule has 0 saturated carbocycles. The van der Waals surface area contributed by atoms with Crippen molar-refractivity contribution in [1.29, 1.82) is 0 Å². The van der Waals surface area contributed by atoms with Crippen molar-refractivity contribution in [3.05, 3.63) is 36.0 Å². The number of ether oxygens (including phenoxy) is 2. The van der Waals surface area contributed by atoms with Crippen molar-refractivity contribution in [2.45, 2.75) is 19.5 Å². The molecule has 0 radical (unpaired) electrons. The zero-order valence-electron chi connectivity index (χ0n) is 11.2. The number of para-hydroxylation sites is 2. The van der Waals surface area contributed by atoms with Gasteiger partial charge < -0.3 is 19.7 Å². The number of rotatable bonds is 8. The van der Waals surface area contributed by atoms with Crippen molar-refractivity contribution in [2.24, 2.45) is 0 Å². The second kappa shape index (κ2) is 7.53. The number of hydrogen-bond donors (Lipinski definition) is 1. The molecule has 2 rings (SSSR count). The lowest BCUT2D eigenvalue weighted by Gasteiger charge is -2.05. The van der Waals surface area contributed by atoms with Crippen molar-refractivity contribution in [2.75, 3.05) is 18.9 Å². The fraction of sp³-hybridized carbons (Fsp3) is 0.385. The highest BCUT2D eigenvalue weighted by Gasteiger charge is 2.09. The number of halogens is 2. The minimum Gasteiger partial charge on any atom is -0.482 e. The van der Waals surface area contributed by atoms with Crippen LogP contribution in [0.25, 0.3) is 0 Å². The second-order valence-corrected chi connectivity index (χ2v) is 4.15. The molecule has 0 aliphatic carbocycles. The van der Waals surface area contributed by atoms with Crippen LogP contribution in [0.15, 0.2) is 28.8 Å². The van der Waals surface area contributed by atoms with Gasteiger partial charge in [0.1, 0.15) is 12.4 Å². The molecule has 0 fully saturated rings. The molecular formula is C13H15F2N3O3. The number of hydrogen-bond acceptors (Lipinski definition) is 6. The first kappa shape index (κ1) is 15.2. The third-order valence-electron chi connectivity index (χ3n) is 2.49. The minimum absolute atomic E-state index is 0.0824. The number of alkyl halides is 2. The Hall–Kier alpha value is -2.22. The van der Waals surface area contributed by atoms with Crippen LogP contribution in [0.3, 0.4) is 0 Å². The maximum Gasteiger partial charge on any atom is 0.264 e. The molecule has 0 atom stereocenters. The third-order valence-corrected chi connectivity index (χ3v) is 2.49. The normalized spacial score (nSPS) is 11.0. The minimum atomic E-state index is -2.48. The Morgan fingerprint density at radius 1 is 1.29 bits per heavy atom. The summed E-state index contributed by atoms with van der Waals surface area (Å²) in [6, 6.07) is 7.04. The van der Waals surface area contributed by atoms with Crippen LogP contribution in [0, 0.1) is 0 Å². The zero-order chi connectivity index (χ0) is 15.1. The van der Waals surface area contributed by atoms with Gasteiger partial charge >= 0.3 is 0 Å². The molecule has 2 aromatic rings. The summed E-state index contributed by atoms with van der Waals surface area (Å²) in [7, 11) is 0. The average molecular weight is 299 g/mol. The summed E-state index contributed by atoms with van der Waals surface area (Å²) in [6.07, 6.45) is -2.18. The molecule has 1 aromatic heterocycles. The van der Waals surface area contributed by atoms with Crippen LogP contribution in [0.1, 0.15) is 11.7 Å². The van der Waals surface area contributed by atoms with Crippen LogP contribution < -0.4 is 10.5 Å². The van der Waals surface area contributed by atoms with Crippen molar-refractivity contribution in [1.82, 2.24) is 10.1 Å². The highest BCUT2D eigenvalue weighted by atomic mass is 19.3. The molecule has 114 valence electrons. The van der Waals surface area contributed by atoms with E-state index in [4.69, 9.17) is 19.7 Å². The van der Waals surface area contributed by atoms with Gasteiger partial charge in [-0.15, -0.1) is 0 Å². The first-order valence-electron chi connectivity index (χ1n) is 6.30. The summed E-state index contributed by atoms with van der Waals surface area (Å²) in [4.78, 5) is 4.06. The summed E-state index contributed by atoms with van der Waals surface area (Å²) < 4.78 is 38.9. The molecule has 6 nitrogen and oxygen atoms in total. The Morgan fingerprint density at radius 3 is 2.86 bits per heavy atom. The molecule has 2 N–H and O–H groups in total. The number of nitrogen functional groups attached to an aromatic ring is 1. The van der Waals surface area contributed by atoms with Crippen molar-refractivity contribution in [3.63, 3.8) is 0 Å². The predicted octanol–water partition coefficient (Wildman–Crippen LogP) is 2.06. The Bertz CT molecular complexity index is 563. The molecule has 0 saturated heterocycles. The molecule has 1 heterocycles. The number of nitrogens with two attached hydrogens (primary N) is 1. The van der Waals surface area contributed by atoms with Gasteiger partial charge in [0.15, 0.2) is 12.4 Å². The Labute approximate surface area is 119 Å². The van der Waals surface area contributed by atoms with Gasteiger partial charge in [-0.25, -0.2) is 8.78 Å². The van der Waals surface area contributed by atoms with Crippen LogP contribution in [-0.4, -0.2) is 29.8 Å². The van der Waals surface area contributed by atoms with Gasteiger partial charge in [-0.1, -0.05) is 17.3 Å². The van der Waals surface area contributed by atoms with Gasteiger partial charge in [0.05, 0.1) is 12.3 Å². The second-order valence-electron chi connectivity index (χ2n) is 4.15. The molecule has 0 aliphatic rings. The van der Waals surface area contributed by atoms with E-state index >= 15 is 0 Å². The first-order valence-corrected chi connectivity index (χ1v) is 6.30. The van der Waals surface area contributed by atoms with Gasteiger partial charge in [-0.3, -0.25) is 0 Å². The van der Waals surface area contributed by atoms with Gasteiger partial charge in [0.25, 0.3) is 12.3 Å². The summed E-state index contributed by atoms with van der Waals surface area (Å²) >= 11 is 0. The number of anilines is 1. The monoisotopic (exact) mass is 299 g/mol. The Balaban J connectivity index is 1.77. The van der Waals surface area contributed by atoms with Crippen molar-refractivity contribution >= 4 is 5.69 Å². The Kier molecular flexibility index (Phi) is 5.44. The molecule has 0 spiro atoms. The topological polar surface area (TPSA) is 83.4 Å². The van der Waals surface area contributed by atoms with E-state index in [0.717, 1.165) is 0 Å². The zero-order valence-corrected chi connectivity index (χ0v) is 11.2. The smallest absolute Gasteiger partial charge is 0.264 e. The highest BCUT2D eigenvalue weighted by molar-refractivity contribution is 5.51. The summed E-state index contributed by atoms with van der Waals surface area (Å²) in [6.45, 7) is -0.407. The van der Waals surface area contributed by atoms with Gasteiger partial charge in [0.2, 0.25) is 0 Å². The quantitative estimate of drug-likeness (QED) is 0.593. The van der Waals surface area contributed by atoms with Crippen LogP contribution in [0.4, 0.5) is 14.5 Å². The molecule has 8 heteroatoms. The van der Waals surface area contributed by atoms with E-state index in [1.165, 1.54) is 0 Å². The van der Waals surface area contributed by atoms with Crippen molar-refractivity contribution < 1.29 is 22.8 Å². The predicted molar refractivity (Wildman–Crippen MR) is 70.0 cm³/mol. The molecular weight excluding hydrogens is 284 g/mol. The van der Waals surface area contributed by atoms with E-state index in [1.807, 2.05) is 0 Å². The lowest BCUT2D eigenvalue weighted by atomic mass is 10.3. The lowest BCUT2D eigenvalue weighted by molar-refractivity contribution is 0.0182. The summed E-state index contributed by atoms with van der Waals surface area (Å²) in [5.74, 6) is 1.18. The van der Waals surface area contributed by atoms with Crippen LogP contribution in [0.2, 0.25) is 0 Å². The maximum absolute atomic E-state index is 11.9. The fourth-order valence-electron chi connectivity index (χ4n) is 1.54. The third kappa shape index (κ3) is 4.99. The SMILES string of the molecule is Nc1ccccc1OCc1nc(CCOCC(F)F)no1. The molecule has 0 bridgehead atoms. The van der Waals surface area contributed by atoms with E-state index in [1.54, 1.807) is 24.3 Å². The highest BCUT2D eigenvalue weighted by Crippen LogP contribution is 2.20. The molecule has 0 unspecified atom stereocenters. The summed E-state index contributed by atoms with van der Waals surface area (Å²) in [5.41, 5.74) is 6.24. The standard InChI is InChI=1S/C13H15F2N3O3/c14-11(15)7-19-6-5-12-17-13(21-18-12)8-20-10-4-2-1-3-9(10)16/h1-4,11H,5-8,16H2. The van der Waals surface area contributed by atoms with E-state index in [9.17, 15) is 8.78 Å². The van der Waals surface area contributed by atoms with Crippen LogP contribution in [-0.2, 0) is 17.8 Å². The molecule has 0 aliphatic heterocycles. The maximum atomic E-state index is 11.9. The van der Waals surface area contributed by atoms with E-state index < -0.39 is 13.0 Å². The first-order chi connectivity index (χ1) is 10.1. The average Bonchev–Trinajstić information content (AvgIpc) is 2.90. The van der Waals surface area contributed by atoms with Gasteiger partial charge in [-0.2, -0.15) is 4.98 Å². The molecule has 0 amide bonds. The largest absolute Gasteiger partial charge is 0.482 e.